The third-order valence-electron chi connectivity index (χ3n) is 4.33. The Bertz CT molecular complexity index is 737. The number of hydrogen-bond acceptors (Lipinski definition) is 4. The lowest BCUT2D eigenvalue weighted by atomic mass is 9.98. The molecular weight excluding hydrogens is 528 g/mol. The molecular formula is C20H30F3IN4O3. The number of carbonyl (C=O) groups is 1. The first kappa shape index (κ1) is 27.1. The molecule has 11 heteroatoms. The Morgan fingerprint density at radius 2 is 1.90 bits per heavy atom. The van der Waals surface area contributed by atoms with Crippen LogP contribution in [0.15, 0.2) is 29.3 Å². The molecule has 0 spiro atoms. The summed E-state index contributed by atoms with van der Waals surface area (Å²) in [5, 5.41) is 3.05. The molecule has 3 N–H and O–H groups in total. The summed E-state index contributed by atoms with van der Waals surface area (Å²) in [6, 6.07) is 5.46. The number of ether oxygens (including phenoxy) is 2. The molecule has 0 aromatic heterocycles. The number of amides is 1. The molecule has 0 radical (unpaired) electrons. The second-order valence-corrected chi connectivity index (χ2v) is 8.21. The molecule has 31 heavy (non-hydrogen) atoms. The van der Waals surface area contributed by atoms with Crippen LogP contribution in [0, 0.1) is 5.92 Å². The zero-order chi connectivity index (χ0) is 22.4. The van der Waals surface area contributed by atoms with Gasteiger partial charge in [-0.2, -0.15) is 0 Å². The van der Waals surface area contributed by atoms with Crippen LogP contribution in [0.25, 0.3) is 0 Å². The number of nitrogens with one attached hydrogen (secondary N) is 1. The van der Waals surface area contributed by atoms with Crippen LogP contribution < -0.4 is 15.8 Å². The number of rotatable bonds is 5. The second kappa shape index (κ2) is 11.6. The van der Waals surface area contributed by atoms with Crippen molar-refractivity contribution < 1.29 is 27.4 Å². The predicted octanol–water partition coefficient (Wildman–Crippen LogP) is 4.25. The van der Waals surface area contributed by atoms with Crippen LogP contribution in [0.4, 0.5) is 18.0 Å². The minimum atomic E-state index is -4.72. The van der Waals surface area contributed by atoms with E-state index in [2.05, 4.69) is 15.0 Å². The molecule has 1 aliphatic heterocycles. The number of guanidine groups is 1. The van der Waals surface area contributed by atoms with E-state index in [9.17, 15) is 18.0 Å². The van der Waals surface area contributed by atoms with E-state index in [1.807, 2.05) is 20.8 Å². The average molecular weight is 558 g/mol. The Hall–Kier alpha value is -1.92. The number of carbonyl (C=O) groups excluding carboxylic acids is 1. The summed E-state index contributed by atoms with van der Waals surface area (Å²) in [7, 11) is 0. The summed E-state index contributed by atoms with van der Waals surface area (Å²) in [6.07, 6.45) is -3.19. The average Bonchev–Trinajstić information content (AvgIpc) is 2.63. The van der Waals surface area contributed by atoms with Gasteiger partial charge in [-0.25, -0.2) is 9.79 Å². The lowest BCUT2D eigenvalue weighted by Crippen LogP contribution is -2.46. The molecule has 0 bridgehead atoms. The Morgan fingerprint density at radius 3 is 2.48 bits per heavy atom. The highest BCUT2D eigenvalue weighted by atomic mass is 127. The van der Waals surface area contributed by atoms with Gasteiger partial charge in [0.25, 0.3) is 0 Å². The van der Waals surface area contributed by atoms with Gasteiger partial charge in [-0.15, -0.1) is 37.1 Å². The Morgan fingerprint density at radius 1 is 1.26 bits per heavy atom. The van der Waals surface area contributed by atoms with Gasteiger partial charge in [0.1, 0.15) is 11.4 Å². The number of nitrogens with zero attached hydrogens (tertiary/aromatic N) is 2. The Balaban J connectivity index is 0.00000480. The topological polar surface area (TPSA) is 89.2 Å². The van der Waals surface area contributed by atoms with Crippen molar-refractivity contribution in [1.82, 2.24) is 10.2 Å². The van der Waals surface area contributed by atoms with E-state index in [0.717, 1.165) is 12.8 Å². The van der Waals surface area contributed by atoms with Crippen molar-refractivity contribution in [2.45, 2.75) is 52.1 Å². The summed E-state index contributed by atoms with van der Waals surface area (Å²) >= 11 is 0. The van der Waals surface area contributed by atoms with Crippen LogP contribution in [0.5, 0.6) is 5.75 Å². The summed E-state index contributed by atoms with van der Waals surface area (Å²) in [5.41, 5.74) is 6.06. The van der Waals surface area contributed by atoms with Crippen molar-refractivity contribution in [3.8, 4) is 5.75 Å². The lowest BCUT2D eigenvalue weighted by Gasteiger charge is -2.34. The number of piperidine rings is 1. The van der Waals surface area contributed by atoms with Crippen LogP contribution >= 0.6 is 24.0 Å². The molecule has 1 saturated heterocycles. The number of halogens is 4. The first-order chi connectivity index (χ1) is 13.9. The van der Waals surface area contributed by atoms with Crippen molar-refractivity contribution >= 4 is 36.0 Å². The van der Waals surface area contributed by atoms with E-state index in [-0.39, 0.29) is 54.2 Å². The quantitative estimate of drug-likeness (QED) is 0.321. The van der Waals surface area contributed by atoms with E-state index in [4.69, 9.17) is 10.5 Å². The number of aliphatic imine (C=N–C) groups is 1. The van der Waals surface area contributed by atoms with E-state index >= 15 is 0 Å². The summed E-state index contributed by atoms with van der Waals surface area (Å²) in [5.74, 6) is 0.173. The molecule has 1 unspecified atom stereocenters. The Kier molecular flexibility index (Phi) is 10.2. The summed E-state index contributed by atoms with van der Waals surface area (Å²) < 4.78 is 45.8. The highest BCUT2D eigenvalue weighted by Gasteiger charge is 2.31. The Labute approximate surface area is 197 Å². The maximum Gasteiger partial charge on any atom is 0.573 e. The molecule has 1 amide bonds. The van der Waals surface area contributed by atoms with Gasteiger partial charge in [0.15, 0.2) is 5.96 Å². The first-order valence-corrected chi connectivity index (χ1v) is 9.78. The van der Waals surface area contributed by atoms with E-state index in [1.165, 1.54) is 24.3 Å². The molecule has 2 rings (SSSR count). The normalized spacial score (nSPS) is 17.5. The van der Waals surface area contributed by atoms with Gasteiger partial charge in [-0.05, 0) is 57.2 Å². The van der Waals surface area contributed by atoms with Crippen molar-refractivity contribution in [3.63, 3.8) is 0 Å². The molecule has 1 aromatic carbocycles. The monoisotopic (exact) mass is 558 g/mol. The maximum absolute atomic E-state index is 12.2. The number of likely N-dealkylation sites (tertiary alicyclic amines) is 1. The number of nitrogens with two attached hydrogens (primary N) is 1. The van der Waals surface area contributed by atoms with Crippen LogP contribution in [-0.4, -0.2) is 48.6 Å². The van der Waals surface area contributed by atoms with Crippen LogP contribution in [0.3, 0.4) is 0 Å². The SMILES string of the molecule is CC(C)(C)OC(=O)N1CCCC(CNC(N)=NCc2ccc(OC(F)(F)F)cc2)C1.I. The highest BCUT2D eigenvalue weighted by Crippen LogP contribution is 2.23. The van der Waals surface area contributed by atoms with Gasteiger partial charge in [-0.3, -0.25) is 0 Å². The van der Waals surface area contributed by atoms with Gasteiger partial charge >= 0.3 is 12.5 Å². The minimum Gasteiger partial charge on any atom is -0.444 e. The van der Waals surface area contributed by atoms with Crippen molar-refractivity contribution in [2.75, 3.05) is 19.6 Å². The molecule has 7 nitrogen and oxygen atoms in total. The van der Waals surface area contributed by atoms with E-state index in [0.29, 0.717) is 25.2 Å². The van der Waals surface area contributed by atoms with Crippen molar-refractivity contribution in [1.29, 1.82) is 0 Å². The van der Waals surface area contributed by atoms with Crippen LogP contribution in [0.1, 0.15) is 39.2 Å². The molecule has 1 fully saturated rings. The van der Waals surface area contributed by atoms with E-state index in [1.54, 1.807) is 4.90 Å². The van der Waals surface area contributed by atoms with Crippen LogP contribution in [-0.2, 0) is 11.3 Å². The second-order valence-electron chi connectivity index (χ2n) is 8.21. The molecule has 0 aliphatic carbocycles. The maximum atomic E-state index is 12.2. The standard InChI is InChI=1S/C20H29F3N4O3.HI/c1-19(2,3)30-18(28)27-10-4-5-15(13-27)12-26-17(24)25-11-14-6-8-16(9-7-14)29-20(21,22)23;/h6-9,15H,4-5,10-13H2,1-3H3,(H3,24,25,26);1H. The number of hydrogen-bond donors (Lipinski definition) is 2. The fraction of sp³-hybridized carbons (Fsp3) is 0.600. The third kappa shape index (κ3) is 10.8. The minimum absolute atomic E-state index is 0. The first-order valence-electron chi connectivity index (χ1n) is 9.78. The van der Waals surface area contributed by atoms with Gasteiger partial charge in [-0.1, -0.05) is 12.1 Å². The third-order valence-corrected chi connectivity index (χ3v) is 4.33. The fourth-order valence-electron chi connectivity index (χ4n) is 3.00. The molecule has 0 saturated carbocycles. The highest BCUT2D eigenvalue weighted by molar-refractivity contribution is 14.0. The lowest BCUT2D eigenvalue weighted by molar-refractivity contribution is -0.274. The van der Waals surface area contributed by atoms with Gasteiger partial charge in [0.05, 0.1) is 6.54 Å². The zero-order valence-corrected chi connectivity index (χ0v) is 20.2. The fourth-order valence-corrected chi connectivity index (χ4v) is 3.00. The molecule has 1 atom stereocenters. The van der Waals surface area contributed by atoms with Crippen molar-refractivity contribution in [2.24, 2.45) is 16.6 Å². The molecule has 1 aromatic rings. The van der Waals surface area contributed by atoms with Gasteiger partial charge in [0.2, 0.25) is 0 Å². The summed E-state index contributed by atoms with van der Waals surface area (Å²) in [6.45, 7) is 7.54. The van der Waals surface area contributed by atoms with E-state index < -0.39 is 12.0 Å². The smallest absolute Gasteiger partial charge is 0.444 e. The van der Waals surface area contributed by atoms with Gasteiger partial charge in [0, 0.05) is 19.6 Å². The molecule has 176 valence electrons. The number of alkyl halides is 3. The molecule has 1 aliphatic rings. The predicted molar refractivity (Wildman–Crippen MR) is 122 cm³/mol. The van der Waals surface area contributed by atoms with Gasteiger partial charge < -0.3 is 25.4 Å². The largest absolute Gasteiger partial charge is 0.573 e. The zero-order valence-electron chi connectivity index (χ0n) is 17.9. The molecule has 1 heterocycles. The van der Waals surface area contributed by atoms with Crippen LogP contribution in [0.2, 0.25) is 0 Å². The summed E-state index contributed by atoms with van der Waals surface area (Å²) in [4.78, 5) is 18.1. The van der Waals surface area contributed by atoms with Crippen molar-refractivity contribution in [3.05, 3.63) is 29.8 Å². The number of benzene rings is 1.